The summed E-state index contributed by atoms with van der Waals surface area (Å²) in [6.45, 7) is 16.7. The minimum absolute atomic E-state index is 0.00843. The molecule has 1 aromatic rings. The molecule has 0 aromatic heterocycles. The molecule has 37 heavy (non-hydrogen) atoms. The molecule has 4 atom stereocenters. The number of carbonyl (C=O) groups is 4. The van der Waals surface area contributed by atoms with Crippen LogP contribution in [0.5, 0.6) is 0 Å². The van der Waals surface area contributed by atoms with Crippen molar-refractivity contribution in [1.29, 1.82) is 0 Å². The zero-order valence-corrected chi connectivity index (χ0v) is 23.7. The number of ether oxygens (including phenoxy) is 1. The maximum Gasteiger partial charge on any atom is 0.408 e. The van der Waals surface area contributed by atoms with E-state index < -0.39 is 41.1 Å². The maximum absolute atomic E-state index is 14.2. The third-order valence-corrected chi connectivity index (χ3v) is 6.09. The average Bonchev–Trinajstić information content (AvgIpc) is 3.42. The van der Waals surface area contributed by atoms with Gasteiger partial charge in [0.2, 0.25) is 17.7 Å². The number of hydrogen-bond acceptors (Lipinski definition) is 5. The molecule has 1 fully saturated rings. The van der Waals surface area contributed by atoms with Crippen LogP contribution in [0.4, 0.5) is 4.79 Å². The van der Waals surface area contributed by atoms with E-state index in [-0.39, 0.29) is 30.7 Å². The summed E-state index contributed by atoms with van der Waals surface area (Å²) in [5.74, 6) is -1.17. The number of primary amides is 1. The van der Waals surface area contributed by atoms with Gasteiger partial charge in [0, 0.05) is 18.0 Å². The summed E-state index contributed by atoms with van der Waals surface area (Å²) >= 11 is 0. The van der Waals surface area contributed by atoms with Crippen molar-refractivity contribution in [2.75, 3.05) is 0 Å². The van der Waals surface area contributed by atoms with Crippen LogP contribution in [0.1, 0.15) is 90.5 Å². The minimum atomic E-state index is -1.09. The van der Waals surface area contributed by atoms with Crippen LogP contribution >= 0.6 is 0 Å². The maximum atomic E-state index is 14.2. The number of carbonyl (C=O) groups excluding carboxylic acids is 4. The van der Waals surface area contributed by atoms with E-state index in [2.05, 4.69) is 10.6 Å². The van der Waals surface area contributed by atoms with Crippen molar-refractivity contribution in [3.05, 3.63) is 34.9 Å². The molecule has 4 amide bonds. The molecule has 0 radical (unpaired) electrons. The topological polar surface area (TPSA) is 131 Å². The molecule has 206 valence electrons. The summed E-state index contributed by atoms with van der Waals surface area (Å²) in [7, 11) is 0. The van der Waals surface area contributed by atoms with E-state index in [4.69, 9.17) is 10.5 Å². The molecule has 1 aromatic carbocycles. The van der Waals surface area contributed by atoms with Gasteiger partial charge in [-0.2, -0.15) is 0 Å². The molecule has 9 nitrogen and oxygen atoms in total. The summed E-state index contributed by atoms with van der Waals surface area (Å²) in [6.07, 6.45) is -0.166. The molecule has 1 aliphatic carbocycles. The molecule has 4 N–H and O–H groups in total. The second kappa shape index (κ2) is 11.5. The molecule has 0 aliphatic heterocycles. The summed E-state index contributed by atoms with van der Waals surface area (Å²) < 4.78 is 5.38. The number of nitrogens with one attached hydrogen (secondary N) is 2. The van der Waals surface area contributed by atoms with Crippen LogP contribution in [0.2, 0.25) is 0 Å². The van der Waals surface area contributed by atoms with E-state index in [1.807, 2.05) is 59.7 Å². The lowest BCUT2D eigenvalue weighted by atomic mass is 9.95. The Bertz CT molecular complexity index is 1020. The van der Waals surface area contributed by atoms with Crippen LogP contribution in [0.3, 0.4) is 0 Å². The molecule has 0 saturated heterocycles. The Hall–Kier alpha value is -3.10. The van der Waals surface area contributed by atoms with Gasteiger partial charge >= 0.3 is 6.09 Å². The molecule has 0 heterocycles. The van der Waals surface area contributed by atoms with Gasteiger partial charge in [-0.3, -0.25) is 14.4 Å². The van der Waals surface area contributed by atoms with E-state index in [0.29, 0.717) is 5.56 Å². The van der Waals surface area contributed by atoms with Crippen molar-refractivity contribution >= 4 is 23.8 Å². The van der Waals surface area contributed by atoms with Crippen LogP contribution in [0.15, 0.2) is 18.2 Å². The van der Waals surface area contributed by atoms with Crippen molar-refractivity contribution in [2.45, 2.75) is 111 Å². The van der Waals surface area contributed by atoms with Crippen molar-refractivity contribution in [2.24, 2.45) is 11.7 Å². The Morgan fingerprint density at radius 3 is 2.16 bits per heavy atom. The van der Waals surface area contributed by atoms with Crippen molar-refractivity contribution in [3.8, 4) is 0 Å². The Kier molecular flexibility index (Phi) is 9.38. The molecule has 0 spiro atoms. The molecule has 2 rings (SSSR count). The second-order valence-corrected chi connectivity index (χ2v) is 12.2. The average molecular weight is 517 g/mol. The first kappa shape index (κ1) is 30.1. The first-order valence-corrected chi connectivity index (χ1v) is 12.9. The first-order valence-electron chi connectivity index (χ1n) is 12.9. The summed E-state index contributed by atoms with van der Waals surface area (Å²) in [5.41, 5.74) is 6.71. The van der Waals surface area contributed by atoms with Crippen molar-refractivity contribution in [1.82, 2.24) is 15.5 Å². The lowest BCUT2D eigenvalue weighted by Crippen LogP contribution is -2.55. The van der Waals surface area contributed by atoms with Crippen molar-refractivity contribution < 1.29 is 23.9 Å². The standard InChI is InChI=1S/C28H44N4O5/c1-16-10-11-19(17(2)14-16)23(24(34)31-27(4,5)6)32(21-15-18(21)3)25(35)20(12-13-22(29)33)30-26(36)37-28(7,8)9/h10-11,14,18,20-21,23H,12-13,15H2,1-9H3,(H2,29,33)(H,30,36)(H,31,34). The minimum Gasteiger partial charge on any atom is -0.444 e. The van der Waals surface area contributed by atoms with E-state index >= 15 is 0 Å². The van der Waals surface area contributed by atoms with Gasteiger partial charge in [0.25, 0.3) is 0 Å². The van der Waals surface area contributed by atoms with E-state index in [1.54, 1.807) is 25.7 Å². The zero-order valence-electron chi connectivity index (χ0n) is 23.7. The van der Waals surface area contributed by atoms with E-state index in [9.17, 15) is 19.2 Å². The normalized spacial score (nSPS) is 18.8. The SMILES string of the molecule is Cc1ccc(C(C(=O)NC(C)(C)C)N(C(=O)C(CCC(N)=O)NC(=O)OC(C)(C)C)C2CC2C)c(C)c1. The summed E-state index contributed by atoms with van der Waals surface area (Å²) in [5, 5.41) is 5.67. The number of amides is 4. The number of benzene rings is 1. The summed E-state index contributed by atoms with van der Waals surface area (Å²) in [4.78, 5) is 53.8. The number of rotatable bonds is 9. The fourth-order valence-corrected chi connectivity index (χ4v) is 4.33. The summed E-state index contributed by atoms with van der Waals surface area (Å²) in [6, 6.07) is 3.58. The Morgan fingerprint density at radius 2 is 1.70 bits per heavy atom. The predicted molar refractivity (Wildman–Crippen MR) is 143 cm³/mol. The van der Waals surface area contributed by atoms with Crippen molar-refractivity contribution in [3.63, 3.8) is 0 Å². The number of hydrogen-bond donors (Lipinski definition) is 3. The van der Waals surface area contributed by atoms with Crippen LogP contribution in [0, 0.1) is 19.8 Å². The first-order chi connectivity index (χ1) is 16.9. The highest BCUT2D eigenvalue weighted by molar-refractivity contribution is 5.93. The zero-order chi connectivity index (χ0) is 28.3. The Labute approximate surface area is 220 Å². The molecule has 9 heteroatoms. The van der Waals surface area contributed by atoms with E-state index in [1.165, 1.54) is 0 Å². The predicted octanol–water partition coefficient (Wildman–Crippen LogP) is 3.66. The largest absolute Gasteiger partial charge is 0.444 e. The van der Waals surface area contributed by atoms with Crippen LogP contribution in [-0.4, -0.2) is 51.9 Å². The number of nitrogens with two attached hydrogens (primary N) is 1. The smallest absolute Gasteiger partial charge is 0.408 e. The quantitative estimate of drug-likeness (QED) is 0.461. The molecular weight excluding hydrogens is 472 g/mol. The van der Waals surface area contributed by atoms with Crippen LogP contribution in [0.25, 0.3) is 0 Å². The van der Waals surface area contributed by atoms with E-state index in [0.717, 1.165) is 17.5 Å². The fourth-order valence-electron chi connectivity index (χ4n) is 4.33. The number of nitrogens with zero attached hydrogens (tertiary/aromatic N) is 1. The van der Waals surface area contributed by atoms with Gasteiger partial charge in [-0.1, -0.05) is 30.7 Å². The molecular formula is C28H44N4O5. The molecule has 1 aliphatic rings. The van der Waals surface area contributed by atoms with Crippen LogP contribution < -0.4 is 16.4 Å². The van der Waals surface area contributed by atoms with Gasteiger partial charge in [-0.25, -0.2) is 4.79 Å². The van der Waals surface area contributed by atoms with Crippen LogP contribution in [-0.2, 0) is 19.1 Å². The number of alkyl carbamates (subject to hydrolysis) is 1. The molecule has 1 saturated carbocycles. The van der Waals surface area contributed by atoms with Gasteiger partial charge in [0.1, 0.15) is 17.7 Å². The van der Waals surface area contributed by atoms with Gasteiger partial charge in [-0.05, 0) is 85.3 Å². The monoisotopic (exact) mass is 516 g/mol. The lowest BCUT2D eigenvalue weighted by molar-refractivity contribution is -0.144. The van der Waals surface area contributed by atoms with Gasteiger partial charge in [-0.15, -0.1) is 0 Å². The third kappa shape index (κ3) is 9.05. The fraction of sp³-hybridized carbons (Fsp3) is 0.643. The third-order valence-electron chi connectivity index (χ3n) is 6.09. The highest BCUT2D eigenvalue weighted by atomic mass is 16.6. The Morgan fingerprint density at radius 1 is 1.11 bits per heavy atom. The highest BCUT2D eigenvalue weighted by Gasteiger charge is 2.48. The lowest BCUT2D eigenvalue weighted by Gasteiger charge is -2.37. The number of aryl methyl sites for hydroxylation is 2. The molecule has 4 unspecified atom stereocenters. The van der Waals surface area contributed by atoms with Gasteiger partial charge in [0.15, 0.2) is 0 Å². The van der Waals surface area contributed by atoms with Gasteiger partial charge < -0.3 is 26.0 Å². The van der Waals surface area contributed by atoms with Gasteiger partial charge in [0.05, 0.1) is 0 Å². The Balaban J connectivity index is 2.56. The highest BCUT2D eigenvalue weighted by Crippen LogP contribution is 2.41. The second-order valence-electron chi connectivity index (χ2n) is 12.2. The molecule has 0 bridgehead atoms.